The van der Waals surface area contributed by atoms with E-state index in [1.165, 1.54) is 0 Å². The second-order valence-electron chi connectivity index (χ2n) is 5.58. The molecule has 0 aliphatic carbocycles. The number of carbonyl (C=O) groups is 2. The van der Waals surface area contributed by atoms with E-state index in [0.717, 1.165) is 10.0 Å². The van der Waals surface area contributed by atoms with Gasteiger partial charge in [0.05, 0.1) is 0 Å². The lowest BCUT2D eigenvalue weighted by atomic mass is 10.2. The highest BCUT2D eigenvalue weighted by molar-refractivity contribution is 9.10. The van der Waals surface area contributed by atoms with Gasteiger partial charge in [-0.1, -0.05) is 58.4 Å². The summed E-state index contributed by atoms with van der Waals surface area (Å²) < 4.78 is 11.5. The van der Waals surface area contributed by atoms with Gasteiger partial charge in [0, 0.05) is 10.2 Å². The van der Waals surface area contributed by atoms with E-state index in [1.54, 1.807) is 48.5 Å². The van der Waals surface area contributed by atoms with Crippen LogP contribution in [0.2, 0.25) is 0 Å². The van der Waals surface area contributed by atoms with Gasteiger partial charge in [0.15, 0.2) is 0 Å². The number of rotatable bonds is 5. The van der Waals surface area contributed by atoms with Crippen molar-refractivity contribution in [1.82, 2.24) is 0 Å². The summed E-state index contributed by atoms with van der Waals surface area (Å²) in [6.45, 7) is 0.138. The molecule has 3 aromatic carbocycles. The van der Waals surface area contributed by atoms with Crippen LogP contribution in [0.15, 0.2) is 83.3 Å². The molecular formula is C21H16BrNO4. The van der Waals surface area contributed by atoms with E-state index in [9.17, 15) is 9.59 Å². The number of anilines is 1. The van der Waals surface area contributed by atoms with Crippen molar-refractivity contribution in [2.45, 2.75) is 6.61 Å². The molecule has 1 amide bonds. The van der Waals surface area contributed by atoms with Crippen LogP contribution < -0.4 is 10.1 Å². The number of hydrogen-bond donors (Lipinski definition) is 1. The van der Waals surface area contributed by atoms with Gasteiger partial charge in [-0.25, -0.2) is 9.59 Å². The lowest BCUT2D eigenvalue weighted by molar-refractivity contribution is 0.0470. The third-order valence-electron chi connectivity index (χ3n) is 3.61. The molecule has 0 spiro atoms. The number of para-hydroxylation sites is 1. The summed E-state index contributed by atoms with van der Waals surface area (Å²) in [5.41, 5.74) is 1.63. The maximum atomic E-state index is 12.4. The molecule has 0 saturated carbocycles. The number of halogens is 1. The summed E-state index contributed by atoms with van der Waals surface area (Å²) in [4.78, 5) is 24.5. The van der Waals surface area contributed by atoms with Crippen molar-refractivity contribution in [3.63, 3.8) is 0 Å². The zero-order valence-electron chi connectivity index (χ0n) is 14.2. The molecule has 0 aromatic heterocycles. The normalized spacial score (nSPS) is 10.1. The smallest absolute Gasteiger partial charge is 0.417 e. The molecule has 0 heterocycles. The minimum Gasteiger partial charge on any atom is -0.457 e. The first-order valence-corrected chi connectivity index (χ1v) is 8.95. The number of ether oxygens (including phenoxy) is 2. The molecular weight excluding hydrogens is 410 g/mol. The molecule has 0 fully saturated rings. The Morgan fingerprint density at radius 3 is 2.26 bits per heavy atom. The van der Waals surface area contributed by atoms with Crippen molar-refractivity contribution in [3.05, 3.63) is 94.5 Å². The van der Waals surface area contributed by atoms with E-state index in [2.05, 4.69) is 21.2 Å². The van der Waals surface area contributed by atoms with Gasteiger partial charge in [-0.2, -0.15) is 0 Å². The van der Waals surface area contributed by atoms with Gasteiger partial charge in [-0.05, 0) is 42.0 Å². The van der Waals surface area contributed by atoms with Crippen LogP contribution in [-0.2, 0) is 11.3 Å². The Balaban J connectivity index is 1.65. The molecule has 0 unspecified atom stereocenters. The lowest BCUT2D eigenvalue weighted by Crippen LogP contribution is -2.18. The number of nitrogens with one attached hydrogen (secondary N) is 1. The van der Waals surface area contributed by atoms with E-state index in [1.807, 2.05) is 30.3 Å². The van der Waals surface area contributed by atoms with Crippen molar-refractivity contribution in [2.75, 3.05) is 5.32 Å². The molecule has 0 radical (unpaired) electrons. The number of benzene rings is 3. The first-order chi connectivity index (χ1) is 13.1. The first kappa shape index (κ1) is 18.7. The second kappa shape index (κ2) is 9.00. The molecule has 6 heteroatoms. The molecule has 0 atom stereocenters. The fourth-order valence-electron chi connectivity index (χ4n) is 2.30. The van der Waals surface area contributed by atoms with Crippen LogP contribution in [0, 0.1) is 0 Å². The Labute approximate surface area is 165 Å². The maximum absolute atomic E-state index is 12.4. The van der Waals surface area contributed by atoms with Crippen molar-refractivity contribution in [3.8, 4) is 5.75 Å². The van der Waals surface area contributed by atoms with Crippen molar-refractivity contribution >= 4 is 33.7 Å². The average Bonchev–Trinajstić information content (AvgIpc) is 2.69. The van der Waals surface area contributed by atoms with Crippen LogP contribution in [-0.4, -0.2) is 12.1 Å². The van der Waals surface area contributed by atoms with E-state index in [-0.39, 0.29) is 17.9 Å². The van der Waals surface area contributed by atoms with E-state index >= 15 is 0 Å². The Morgan fingerprint density at radius 1 is 0.852 bits per heavy atom. The van der Waals surface area contributed by atoms with Crippen LogP contribution in [0.1, 0.15) is 15.9 Å². The standard InChI is InChI=1S/C21H16BrNO4/c22-16-10-12-17(13-11-16)23-21(25)27-19-9-5-4-8-18(19)20(24)26-14-15-6-2-1-3-7-15/h1-13H,14H2,(H,23,25). The largest absolute Gasteiger partial charge is 0.457 e. The predicted molar refractivity (Wildman–Crippen MR) is 106 cm³/mol. The highest BCUT2D eigenvalue weighted by atomic mass is 79.9. The van der Waals surface area contributed by atoms with Gasteiger partial charge in [0.2, 0.25) is 0 Å². The van der Waals surface area contributed by atoms with Gasteiger partial charge < -0.3 is 9.47 Å². The molecule has 0 aliphatic heterocycles. The number of hydrogen-bond acceptors (Lipinski definition) is 4. The van der Waals surface area contributed by atoms with Crippen LogP contribution in [0.5, 0.6) is 5.75 Å². The zero-order chi connectivity index (χ0) is 19.1. The van der Waals surface area contributed by atoms with Gasteiger partial charge in [-0.3, -0.25) is 5.32 Å². The van der Waals surface area contributed by atoms with Gasteiger partial charge in [0.1, 0.15) is 17.9 Å². The van der Waals surface area contributed by atoms with E-state index in [4.69, 9.17) is 9.47 Å². The Hall–Kier alpha value is -3.12. The van der Waals surface area contributed by atoms with Gasteiger partial charge in [-0.15, -0.1) is 0 Å². The number of amides is 1. The average molecular weight is 426 g/mol. The van der Waals surface area contributed by atoms with E-state index in [0.29, 0.717) is 5.69 Å². The maximum Gasteiger partial charge on any atom is 0.417 e. The highest BCUT2D eigenvalue weighted by Crippen LogP contribution is 2.21. The predicted octanol–water partition coefficient (Wildman–Crippen LogP) is 5.42. The van der Waals surface area contributed by atoms with Crippen LogP contribution in [0.25, 0.3) is 0 Å². The molecule has 1 N–H and O–H groups in total. The van der Waals surface area contributed by atoms with Crippen LogP contribution in [0.4, 0.5) is 10.5 Å². The third kappa shape index (κ3) is 5.43. The summed E-state index contributed by atoms with van der Waals surface area (Å²) in [6, 6.07) is 22.8. The zero-order valence-corrected chi connectivity index (χ0v) is 15.8. The second-order valence-corrected chi connectivity index (χ2v) is 6.49. The molecule has 3 aromatic rings. The highest BCUT2D eigenvalue weighted by Gasteiger charge is 2.16. The summed E-state index contributed by atoms with van der Waals surface area (Å²) in [5, 5.41) is 2.61. The molecule has 0 bridgehead atoms. The summed E-state index contributed by atoms with van der Waals surface area (Å²) >= 11 is 3.33. The SMILES string of the molecule is O=C(Nc1ccc(Br)cc1)Oc1ccccc1C(=O)OCc1ccccc1. The van der Waals surface area contributed by atoms with Crippen LogP contribution in [0.3, 0.4) is 0 Å². The lowest BCUT2D eigenvalue weighted by Gasteiger charge is -2.11. The molecule has 3 rings (SSSR count). The van der Waals surface area contributed by atoms with Crippen LogP contribution >= 0.6 is 15.9 Å². The monoisotopic (exact) mass is 425 g/mol. The van der Waals surface area contributed by atoms with Crippen molar-refractivity contribution in [1.29, 1.82) is 0 Å². The Bertz CT molecular complexity index is 926. The molecule has 5 nitrogen and oxygen atoms in total. The Morgan fingerprint density at radius 2 is 1.52 bits per heavy atom. The van der Waals surface area contributed by atoms with Gasteiger partial charge in [0.25, 0.3) is 0 Å². The molecule has 27 heavy (non-hydrogen) atoms. The van der Waals surface area contributed by atoms with Crippen molar-refractivity contribution in [2.24, 2.45) is 0 Å². The minimum absolute atomic E-state index is 0.130. The number of carbonyl (C=O) groups excluding carboxylic acids is 2. The third-order valence-corrected chi connectivity index (χ3v) is 4.14. The van der Waals surface area contributed by atoms with Gasteiger partial charge >= 0.3 is 12.1 Å². The summed E-state index contributed by atoms with van der Waals surface area (Å²) in [5.74, 6) is -0.434. The fraction of sp³-hybridized carbons (Fsp3) is 0.0476. The molecule has 0 aliphatic rings. The first-order valence-electron chi connectivity index (χ1n) is 8.16. The Kier molecular flexibility index (Phi) is 6.22. The topological polar surface area (TPSA) is 64.6 Å². The minimum atomic E-state index is -0.694. The fourth-order valence-corrected chi connectivity index (χ4v) is 2.57. The molecule has 136 valence electrons. The van der Waals surface area contributed by atoms with Crippen molar-refractivity contribution < 1.29 is 19.1 Å². The van der Waals surface area contributed by atoms with E-state index < -0.39 is 12.1 Å². The summed E-state index contributed by atoms with van der Waals surface area (Å²) in [7, 11) is 0. The number of esters is 1. The summed E-state index contributed by atoms with van der Waals surface area (Å²) in [6.07, 6.45) is -0.694. The quantitative estimate of drug-likeness (QED) is 0.554. The molecule has 0 saturated heterocycles.